The number of amides is 2. The van der Waals surface area contributed by atoms with Gasteiger partial charge in [0.05, 0.1) is 31.2 Å². The largest absolute Gasteiger partial charge is 0.496 e. The van der Waals surface area contributed by atoms with E-state index in [4.69, 9.17) is 15.2 Å². The molecular weight excluding hydrogens is 524 g/mol. The Bertz CT molecular complexity index is 1600. The Morgan fingerprint density at radius 2 is 1.61 bits per heavy atom. The van der Waals surface area contributed by atoms with E-state index in [1.807, 2.05) is 18.2 Å². The van der Waals surface area contributed by atoms with Crippen molar-refractivity contribution < 1.29 is 29.0 Å². The predicted molar refractivity (Wildman–Crippen MR) is 154 cm³/mol. The number of nitrogens with one attached hydrogen (secondary N) is 1. The molecule has 1 aliphatic carbocycles. The lowest BCUT2D eigenvalue weighted by molar-refractivity contribution is -0.141. The SMILES string of the molecule is COc1cccc(OC)c1-c1cc(C(=O)N[C@H](C(=O)O)C2CCCCC2)nn1-c1ccc(C(N)=O)c2ccccc12. The highest BCUT2D eigenvalue weighted by Crippen LogP contribution is 2.40. The number of nitrogens with zero attached hydrogens (tertiary/aromatic N) is 2. The van der Waals surface area contributed by atoms with Gasteiger partial charge in [0.2, 0.25) is 5.91 Å². The summed E-state index contributed by atoms with van der Waals surface area (Å²) in [6.07, 6.45) is 4.42. The van der Waals surface area contributed by atoms with Crippen LogP contribution in [-0.4, -0.2) is 52.9 Å². The minimum Gasteiger partial charge on any atom is -0.496 e. The lowest BCUT2D eigenvalue weighted by Gasteiger charge is -2.27. The molecule has 1 heterocycles. The first-order chi connectivity index (χ1) is 19.8. The van der Waals surface area contributed by atoms with E-state index in [-0.39, 0.29) is 11.6 Å². The molecule has 0 saturated heterocycles. The normalized spacial score (nSPS) is 14.4. The van der Waals surface area contributed by atoms with Gasteiger partial charge >= 0.3 is 5.97 Å². The number of fused-ring (bicyclic) bond motifs is 1. The summed E-state index contributed by atoms with van der Waals surface area (Å²) in [5, 5.41) is 18.7. The molecule has 0 spiro atoms. The van der Waals surface area contributed by atoms with E-state index < -0.39 is 23.8 Å². The molecule has 10 heteroatoms. The van der Waals surface area contributed by atoms with Crippen molar-refractivity contribution in [2.75, 3.05) is 14.2 Å². The lowest BCUT2D eigenvalue weighted by atomic mass is 9.84. The number of nitrogens with two attached hydrogens (primary N) is 1. The molecule has 10 nitrogen and oxygen atoms in total. The van der Waals surface area contributed by atoms with Gasteiger partial charge in [-0.3, -0.25) is 9.59 Å². The fourth-order valence-electron chi connectivity index (χ4n) is 5.70. The van der Waals surface area contributed by atoms with E-state index in [0.29, 0.717) is 44.8 Å². The van der Waals surface area contributed by atoms with E-state index in [1.165, 1.54) is 14.2 Å². The Morgan fingerprint density at radius 3 is 2.22 bits per heavy atom. The first-order valence-electron chi connectivity index (χ1n) is 13.5. The van der Waals surface area contributed by atoms with Gasteiger partial charge in [-0.1, -0.05) is 49.6 Å². The van der Waals surface area contributed by atoms with Crippen molar-refractivity contribution in [1.29, 1.82) is 0 Å². The minimum absolute atomic E-state index is 0.0260. The molecule has 41 heavy (non-hydrogen) atoms. The summed E-state index contributed by atoms with van der Waals surface area (Å²) in [5.41, 5.74) is 7.63. The van der Waals surface area contributed by atoms with Crippen LogP contribution in [-0.2, 0) is 4.79 Å². The first kappa shape index (κ1) is 27.7. The van der Waals surface area contributed by atoms with Crippen LogP contribution in [0, 0.1) is 5.92 Å². The third kappa shape index (κ3) is 5.32. The van der Waals surface area contributed by atoms with Crippen LogP contribution in [0.15, 0.2) is 60.7 Å². The smallest absolute Gasteiger partial charge is 0.326 e. The average molecular weight is 557 g/mol. The van der Waals surface area contributed by atoms with Crippen molar-refractivity contribution in [3.63, 3.8) is 0 Å². The highest BCUT2D eigenvalue weighted by molar-refractivity contribution is 6.08. The molecule has 212 valence electrons. The zero-order chi connectivity index (χ0) is 29.1. The molecule has 5 rings (SSSR count). The van der Waals surface area contributed by atoms with Crippen molar-refractivity contribution in [2.45, 2.75) is 38.1 Å². The van der Waals surface area contributed by atoms with Gasteiger partial charge in [0.25, 0.3) is 5.91 Å². The van der Waals surface area contributed by atoms with E-state index in [0.717, 1.165) is 32.1 Å². The number of carbonyl (C=O) groups is 3. The monoisotopic (exact) mass is 556 g/mol. The number of carboxylic acids is 1. The van der Waals surface area contributed by atoms with Crippen LogP contribution in [0.4, 0.5) is 0 Å². The quantitative estimate of drug-likeness (QED) is 0.274. The maximum absolute atomic E-state index is 13.6. The van der Waals surface area contributed by atoms with Gasteiger partial charge in [-0.25, -0.2) is 9.48 Å². The summed E-state index contributed by atoms with van der Waals surface area (Å²) in [4.78, 5) is 37.9. The average Bonchev–Trinajstić information content (AvgIpc) is 3.43. The zero-order valence-corrected chi connectivity index (χ0v) is 22.9. The highest BCUT2D eigenvalue weighted by Gasteiger charge is 2.32. The van der Waals surface area contributed by atoms with Gasteiger partial charge in [-0.05, 0) is 54.5 Å². The van der Waals surface area contributed by atoms with E-state index in [2.05, 4.69) is 10.4 Å². The van der Waals surface area contributed by atoms with Crippen LogP contribution >= 0.6 is 0 Å². The molecule has 3 aromatic carbocycles. The molecule has 0 radical (unpaired) electrons. The molecule has 0 bridgehead atoms. The lowest BCUT2D eigenvalue weighted by Crippen LogP contribution is -2.46. The number of carbonyl (C=O) groups excluding carboxylic acids is 2. The number of primary amides is 1. The Labute approximate surface area is 237 Å². The maximum atomic E-state index is 13.6. The van der Waals surface area contributed by atoms with Crippen molar-refractivity contribution in [1.82, 2.24) is 15.1 Å². The third-order valence-corrected chi connectivity index (χ3v) is 7.69. The van der Waals surface area contributed by atoms with Gasteiger partial charge in [0.1, 0.15) is 17.5 Å². The van der Waals surface area contributed by atoms with Gasteiger partial charge in [-0.15, -0.1) is 0 Å². The van der Waals surface area contributed by atoms with Crippen molar-refractivity contribution in [3.05, 3.63) is 71.9 Å². The second-order valence-corrected chi connectivity index (χ2v) is 10.1. The van der Waals surface area contributed by atoms with E-state index in [1.54, 1.807) is 47.1 Å². The minimum atomic E-state index is -1.07. The summed E-state index contributed by atoms with van der Waals surface area (Å²) < 4.78 is 12.9. The molecule has 1 aromatic heterocycles. The maximum Gasteiger partial charge on any atom is 0.326 e. The Hall–Kier alpha value is -4.86. The van der Waals surface area contributed by atoms with Crippen LogP contribution in [0.3, 0.4) is 0 Å². The van der Waals surface area contributed by atoms with E-state index in [9.17, 15) is 19.5 Å². The Morgan fingerprint density at radius 1 is 0.951 bits per heavy atom. The number of methoxy groups -OCH3 is 2. The summed E-state index contributed by atoms with van der Waals surface area (Å²) in [6.45, 7) is 0. The van der Waals surface area contributed by atoms with Crippen LogP contribution in [0.1, 0.15) is 53.0 Å². The zero-order valence-electron chi connectivity index (χ0n) is 22.9. The number of ether oxygens (including phenoxy) is 2. The summed E-state index contributed by atoms with van der Waals surface area (Å²) in [5.74, 6) is -1.41. The first-order valence-corrected chi connectivity index (χ1v) is 13.5. The molecule has 1 saturated carbocycles. The molecule has 1 aliphatic rings. The fourth-order valence-corrected chi connectivity index (χ4v) is 5.70. The second kappa shape index (κ2) is 11.7. The number of carboxylic acid groups (broad SMARTS) is 1. The number of benzene rings is 3. The molecule has 4 N–H and O–H groups in total. The number of rotatable bonds is 9. The standard InChI is InChI=1S/C31H32N4O6/c1-40-25-13-8-14-26(41-2)27(25)24-17-22(30(37)33-28(31(38)39)18-9-4-3-5-10-18)34-35(24)23-16-15-21(29(32)36)19-11-6-7-12-20(19)23/h6-8,11-18,28H,3-5,9-10H2,1-2H3,(H2,32,36)(H,33,37)(H,38,39)/t28-/m0/s1. The van der Waals surface area contributed by atoms with Gasteiger partial charge < -0.3 is 25.6 Å². The molecule has 4 aromatic rings. The van der Waals surface area contributed by atoms with Crippen LogP contribution < -0.4 is 20.5 Å². The molecule has 0 aliphatic heterocycles. The van der Waals surface area contributed by atoms with Crippen LogP contribution in [0.2, 0.25) is 0 Å². The molecule has 0 unspecified atom stereocenters. The van der Waals surface area contributed by atoms with Gasteiger partial charge in [0.15, 0.2) is 5.69 Å². The molecular formula is C31H32N4O6. The molecule has 1 atom stereocenters. The Kier molecular flexibility index (Phi) is 7.91. The van der Waals surface area contributed by atoms with Crippen LogP contribution in [0.25, 0.3) is 27.7 Å². The van der Waals surface area contributed by atoms with E-state index >= 15 is 0 Å². The predicted octanol–water partition coefficient (Wildman–Crippen LogP) is 4.57. The number of aliphatic carboxylic acids is 1. The third-order valence-electron chi connectivity index (χ3n) is 7.69. The number of hydrogen-bond donors (Lipinski definition) is 3. The Balaban J connectivity index is 1.69. The highest BCUT2D eigenvalue weighted by atomic mass is 16.5. The van der Waals surface area contributed by atoms with Gasteiger partial charge in [-0.2, -0.15) is 5.10 Å². The topological polar surface area (TPSA) is 146 Å². The summed E-state index contributed by atoms with van der Waals surface area (Å²) >= 11 is 0. The summed E-state index contributed by atoms with van der Waals surface area (Å²) in [6, 6.07) is 16.5. The summed E-state index contributed by atoms with van der Waals surface area (Å²) in [7, 11) is 3.07. The molecule has 1 fully saturated rings. The fraction of sp³-hybridized carbons (Fsp3) is 0.290. The van der Waals surface area contributed by atoms with Gasteiger partial charge in [0, 0.05) is 10.9 Å². The number of aromatic nitrogens is 2. The molecule has 2 amide bonds. The van der Waals surface area contributed by atoms with Crippen molar-refractivity contribution in [3.8, 4) is 28.4 Å². The number of hydrogen-bond acceptors (Lipinski definition) is 6. The van der Waals surface area contributed by atoms with Crippen LogP contribution in [0.5, 0.6) is 11.5 Å². The van der Waals surface area contributed by atoms with Crippen molar-refractivity contribution in [2.24, 2.45) is 11.7 Å². The van der Waals surface area contributed by atoms with Crippen molar-refractivity contribution >= 4 is 28.6 Å². The second-order valence-electron chi connectivity index (χ2n) is 10.1.